The Hall–Kier alpha value is -2.63. The van der Waals surface area contributed by atoms with Crippen LogP contribution in [0.4, 0.5) is 0 Å². The van der Waals surface area contributed by atoms with Gasteiger partial charge < -0.3 is 31.9 Å². The molecule has 0 bridgehead atoms. The quantitative estimate of drug-likeness (QED) is 0.206. The Morgan fingerprint density at radius 3 is 2.06 bits per heavy atom. The summed E-state index contributed by atoms with van der Waals surface area (Å²) < 4.78 is 0. The van der Waals surface area contributed by atoms with Crippen LogP contribution in [-0.4, -0.2) is 76.7 Å². The van der Waals surface area contributed by atoms with Crippen LogP contribution in [0.25, 0.3) is 0 Å². The Morgan fingerprint density at radius 2 is 1.55 bits per heavy atom. The van der Waals surface area contributed by atoms with Crippen LogP contribution in [0, 0.1) is 5.92 Å². The van der Waals surface area contributed by atoms with Crippen molar-refractivity contribution >= 4 is 35.5 Å². The van der Waals surface area contributed by atoms with Gasteiger partial charge in [0.25, 0.3) is 0 Å². The molecule has 1 aromatic carbocycles. The molecule has 3 amide bonds. The van der Waals surface area contributed by atoms with E-state index in [-0.39, 0.29) is 18.8 Å². The van der Waals surface area contributed by atoms with Crippen LogP contribution in [0.5, 0.6) is 0 Å². The molecule has 0 aliphatic heterocycles. The maximum atomic E-state index is 13.1. The van der Waals surface area contributed by atoms with Crippen molar-refractivity contribution in [2.45, 2.75) is 50.9 Å². The first kappa shape index (κ1) is 28.4. The van der Waals surface area contributed by atoms with Gasteiger partial charge >= 0.3 is 5.97 Å². The first-order valence-corrected chi connectivity index (χ1v) is 12.0. The first-order valence-electron chi connectivity index (χ1n) is 10.6. The zero-order valence-corrected chi connectivity index (χ0v) is 19.9. The van der Waals surface area contributed by atoms with Gasteiger partial charge in [-0.15, -0.1) is 0 Å². The topological polar surface area (TPSA) is 171 Å². The second-order valence-electron chi connectivity index (χ2n) is 7.95. The van der Waals surface area contributed by atoms with E-state index in [9.17, 15) is 24.3 Å². The first-order chi connectivity index (χ1) is 15.6. The molecular weight excluding hydrogens is 448 g/mol. The Balaban J connectivity index is 3.05. The highest BCUT2D eigenvalue weighted by Crippen LogP contribution is 2.08. The summed E-state index contributed by atoms with van der Waals surface area (Å²) in [6.45, 7) is 2.75. The zero-order valence-electron chi connectivity index (χ0n) is 19.1. The van der Waals surface area contributed by atoms with E-state index in [4.69, 9.17) is 10.8 Å². The lowest BCUT2D eigenvalue weighted by Gasteiger charge is -2.26. The molecule has 1 aromatic rings. The number of carboxylic acids is 1. The molecule has 0 heterocycles. The highest BCUT2D eigenvalue weighted by molar-refractivity contribution is 7.98. The number of carboxylic acid groups (broad SMARTS) is 1. The van der Waals surface area contributed by atoms with Crippen molar-refractivity contribution in [1.29, 1.82) is 0 Å². The number of nitrogens with two attached hydrogens (primary N) is 1. The summed E-state index contributed by atoms with van der Waals surface area (Å²) in [4.78, 5) is 49.6. The molecule has 0 spiro atoms. The average Bonchev–Trinajstić information content (AvgIpc) is 2.78. The van der Waals surface area contributed by atoms with E-state index >= 15 is 0 Å². The Bertz CT molecular complexity index is 792. The van der Waals surface area contributed by atoms with Gasteiger partial charge in [-0.3, -0.25) is 14.4 Å². The molecule has 0 aliphatic rings. The lowest BCUT2D eigenvalue weighted by atomic mass is 10.0. The molecule has 4 unspecified atom stereocenters. The van der Waals surface area contributed by atoms with Gasteiger partial charge in [0, 0.05) is 6.42 Å². The van der Waals surface area contributed by atoms with Gasteiger partial charge in [0.1, 0.15) is 24.2 Å². The number of thioether (sulfide) groups is 1. The fourth-order valence-corrected chi connectivity index (χ4v) is 3.44. The molecule has 0 saturated heterocycles. The van der Waals surface area contributed by atoms with Crippen molar-refractivity contribution in [3.63, 3.8) is 0 Å². The molecule has 4 atom stereocenters. The number of aliphatic hydroxyl groups excluding tert-OH is 1. The molecule has 0 aromatic heterocycles. The Morgan fingerprint density at radius 1 is 0.970 bits per heavy atom. The molecule has 0 radical (unpaired) electrons. The third-order valence-electron chi connectivity index (χ3n) is 4.92. The summed E-state index contributed by atoms with van der Waals surface area (Å²) in [6, 6.07) is 4.62. The molecule has 0 saturated carbocycles. The van der Waals surface area contributed by atoms with E-state index in [0.29, 0.717) is 5.75 Å². The molecule has 1 rings (SSSR count). The average molecular weight is 483 g/mol. The minimum atomic E-state index is -1.20. The van der Waals surface area contributed by atoms with Gasteiger partial charge in [0.2, 0.25) is 17.7 Å². The summed E-state index contributed by atoms with van der Waals surface area (Å²) in [5.41, 5.74) is 6.34. The van der Waals surface area contributed by atoms with Crippen molar-refractivity contribution in [3.8, 4) is 0 Å². The van der Waals surface area contributed by atoms with Gasteiger partial charge in [0.15, 0.2) is 0 Å². The monoisotopic (exact) mass is 482 g/mol. The predicted octanol–water partition coefficient (Wildman–Crippen LogP) is -0.503. The van der Waals surface area contributed by atoms with Crippen LogP contribution < -0.4 is 21.7 Å². The lowest BCUT2D eigenvalue weighted by molar-refractivity contribution is -0.143. The van der Waals surface area contributed by atoms with E-state index in [1.807, 2.05) is 12.3 Å². The fraction of sp³-hybridized carbons (Fsp3) is 0.545. The van der Waals surface area contributed by atoms with Crippen molar-refractivity contribution < 1.29 is 29.4 Å². The van der Waals surface area contributed by atoms with E-state index < -0.39 is 54.5 Å². The molecule has 0 aliphatic carbocycles. The van der Waals surface area contributed by atoms with Gasteiger partial charge in [-0.2, -0.15) is 11.8 Å². The maximum absolute atomic E-state index is 13.1. The SMILES string of the molecule is CSCCC(NC(=O)C(Cc1ccccc1)NC(=O)C(N)CO)C(=O)NC(C(=O)O)C(C)C. The van der Waals surface area contributed by atoms with Crippen LogP contribution >= 0.6 is 11.8 Å². The van der Waals surface area contributed by atoms with E-state index in [1.165, 1.54) is 11.8 Å². The highest BCUT2D eigenvalue weighted by Gasteiger charge is 2.31. The van der Waals surface area contributed by atoms with Crippen LogP contribution in [-0.2, 0) is 25.6 Å². The van der Waals surface area contributed by atoms with Gasteiger partial charge in [0.05, 0.1) is 6.61 Å². The second kappa shape index (κ2) is 14.5. The standard InChI is InChI=1S/C22H34N4O6S/c1-13(2)18(22(31)32)26-20(29)16(9-10-33-3)24-21(30)17(25-19(28)15(23)12-27)11-14-7-5-4-6-8-14/h4-8,13,15-18,27H,9-12,23H2,1-3H3,(H,24,30)(H,25,28)(H,26,29)(H,31,32). The highest BCUT2D eigenvalue weighted by atomic mass is 32.2. The Labute approximate surface area is 198 Å². The summed E-state index contributed by atoms with van der Waals surface area (Å²) in [7, 11) is 0. The maximum Gasteiger partial charge on any atom is 0.326 e. The molecule has 0 fully saturated rings. The number of amides is 3. The molecular formula is C22H34N4O6S. The van der Waals surface area contributed by atoms with Crippen molar-refractivity contribution in [1.82, 2.24) is 16.0 Å². The molecule has 184 valence electrons. The summed E-state index contributed by atoms with van der Waals surface area (Å²) >= 11 is 1.47. The minimum absolute atomic E-state index is 0.136. The number of carbonyl (C=O) groups excluding carboxylic acids is 3. The van der Waals surface area contributed by atoms with Gasteiger partial charge in [-0.1, -0.05) is 44.2 Å². The molecule has 10 nitrogen and oxygen atoms in total. The zero-order chi connectivity index (χ0) is 25.0. The summed E-state index contributed by atoms with van der Waals surface area (Å²) in [5, 5.41) is 26.2. The third kappa shape index (κ3) is 9.80. The predicted molar refractivity (Wildman–Crippen MR) is 126 cm³/mol. The second-order valence-corrected chi connectivity index (χ2v) is 8.94. The van der Waals surface area contributed by atoms with Crippen LogP contribution in [0.2, 0.25) is 0 Å². The van der Waals surface area contributed by atoms with E-state index in [1.54, 1.807) is 38.1 Å². The number of benzene rings is 1. The number of hydrogen-bond donors (Lipinski definition) is 6. The van der Waals surface area contributed by atoms with Crippen molar-refractivity contribution in [3.05, 3.63) is 35.9 Å². The van der Waals surface area contributed by atoms with Gasteiger partial charge in [-0.05, 0) is 29.9 Å². The number of rotatable bonds is 14. The number of hydrogen-bond acceptors (Lipinski definition) is 7. The fourth-order valence-electron chi connectivity index (χ4n) is 2.96. The molecule has 7 N–H and O–H groups in total. The van der Waals surface area contributed by atoms with Crippen LogP contribution in [0.1, 0.15) is 25.8 Å². The number of aliphatic hydroxyl groups is 1. The minimum Gasteiger partial charge on any atom is -0.480 e. The summed E-state index contributed by atoms with van der Waals surface area (Å²) in [5.74, 6) is -2.91. The normalized spacial score (nSPS) is 14.6. The lowest BCUT2D eigenvalue weighted by Crippen LogP contribution is -2.58. The molecule has 11 heteroatoms. The Kier molecular flexibility index (Phi) is 12.5. The van der Waals surface area contributed by atoms with E-state index in [2.05, 4.69) is 16.0 Å². The van der Waals surface area contributed by atoms with Crippen LogP contribution in [0.3, 0.4) is 0 Å². The van der Waals surface area contributed by atoms with Crippen LogP contribution in [0.15, 0.2) is 30.3 Å². The summed E-state index contributed by atoms with van der Waals surface area (Å²) in [6.07, 6.45) is 2.25. The van der Waals surface area contributed by atoms with Crippen molar-refractivity contribution in [2.24, 2.45) is 11.7 Å². The van der Waals surface area contributed by atoms with Gasteiger partial charge in [-0.25, -0.2) is 4.79 Å². The van der Waals surface area contributed by atoms with E-state index in [0.717, 1.165) is 5.56 Å². The van der Waals surface area contributed by atoms with Crippen molar-refractivity contribution in [2.75, 3.05) is 18.6 Å². The third-order valence-corrected chi connectivity index (χ3v) is 5.57. The number of carbonyl (C=O) groups is 4. The number of nitrogens with one attached hydrogen (secondary N) is 3. The smallest absolute Gasteiger partial charge is 0.326 e. The number of aliphatic carboxylic acids is 1. The largest absolute Gasteiger partial charge is 0.480 e. The molecule has 33 heavy (non-hydrogen) atoms.